The van der Waals surface area contributed by atoms with E-state index in [1.165, 1.54) is 0 Å². The molecule has 1 fully saturated rings. The fraction of sp³-hybridized carbons (Fsp3) is 0.875. The Morgan fingerprint density at radius 3 is 1.28 bits per heavy atom. The smallest absolute Gasteiger partial charge is 0.138 e. The zero-order chi connectivity index (χ0) is 14.1. The average Bonchev–Trinajstić information content (AvgIpc) is 2.10. The lowest BCUT2D eigenvalue weighted by molar-refractivity contribution is -0.129. The molecule has 2 nitrogen and oxygen atoms in total. The number of rotatable bonds is 4. The van der Waals surface area contributed by atoms with Crippen LogP contribution in [0.5, 0.6) is 0 Å². The van der Waals surface area contributed by atoms with Gasteiger partial charge in [-0.25, -0.2) is 0 Å². The van der Waals surface area contributed by atoms with Crippen molar-refractivity contribution in [3.05, 3.63) is 0 Å². The van der Waals surface area contributed by atoms with Crippen LogP contribution in [0.1, 0.15) is 67.2 Å². The SMILES string of the molecule is CC(C)(C)C(=O)CC1CC(CC(=O)C(C)(C)C)C1. The summed E-state index contributed by atoms with van der Waals surface area (Å²) in [7, 11) is 0. The highest BCUT2D eigenvalue weighted by atomic mass is 16.1. The molecule has 1 aliphatic carbocycles. The first-order chi connectivity index (χ1) is 8.00. The molecule has 1 aliphatic rings. The molecule has 0 spiro atoms. The van der Waals surface area contributed by atoms with Crippen molar-refractivity contribution >= 4 is 11.6 Å². The van der Waals surface area contributed by atoms with E-state index in [4.69, 9.17) is 0 Å². The van der Waals surface area contributed by atoms with E-state index in [2.05, 4.69) is 0 Å². The van der Waals surface area contributed by atoms with Gasteiger partial charge in [0.05, 0.1) is 0 Å². The van der Waals surface area contributed by atoms with Crippen LogP contribution in [0.15, 0.2) is 0 Å². The summed E-state index contributed by atoms with van der Waals surface area (Å²) >= 11 is 0. The molecule has 2 heteroatoms. The van der Waals surface area contributed by atoms with Crippen molar-refractivity contribution in [2.45, 2.75) is 67.2 Å². The van der Waals surface area contributed by atoms with E-state index in [0.29, 0.717) is 36.2 Å². The van der Waals surface area contributed by atoms with Crippen molar-refractivity contribution in [3.8, 4) is 0 Å². The predicted octanol–water partition coefficient (Wildman–Crippen LogP) is 4.02. The monoisotopic (exact) mass is 252 g/mol. The number of hydrogen-bond donors (Lipinski definition) is 0. The quantitative estimate of drug-likeness (QED) is 0.757. The minimum atomic E-state index is -0.216. The maximum Gasteiger partial charge on any atom is 0.138 e. The van der Waals surface area contributed by atoms with Crippen molar-refractivity contribution in [2.24, 2.45) is 22.7 Å². The third-order valence-electron chi connectivity index (χ3n) is 3.95. The molecular formula is C16H28O2. The van der Waals surface area contributed by atoms with Gasteiger partial charge in [0, 0.05) is 23.7 Å². The second-order valence-corrected chi connectivity index (χ2v) is 7.96. The summed E-state index contributed by atoms with van der Waals surface area (Å²) in [5.41, 5.74) is -0.432. The van der Waals surface area contributed by atoms with Gasteiger partial charge in [-0.3, -0.25) is 9.59 Å². The van der Waals surface area contributed by atoms with Gasteiger partial charge in [-0.1, -0.05) is 41.5 Å². The molecule has 0 heterocycles. The molecule has 0 unspecified atom stereocenters. The third-order valence-corrected chi connectivity index (χ3v) is 3.95. The van der Waals surface area contributed by atoms with E-state index in [-0.39, 0.29) is 10.8 Å². The van der Waals surface area contributed by atoms with Crippen LogP contribution in [-0.4, -0.2) is 11.6 Å². The van der Waals surface area contributed by atoms with Crippen LogP contribution in [-0.2, 0) is 9.59 Å². The van der Waals surface area contributed by atoms with Gasteiger partial charge in [0.15, 0.2) is 0 Å². The molecule has 0 N–H and O–H groups in total. The molecule has 18 heavy (non-hydrogen) atoms. The van der Waals surface area contributed by atoms with Gasteiger partial charge in [0.25, 0.3) is 0 Å². The van der Waals surface area contributed by atoms with Gasteiger partial charge >= 0.3 is 0 Å². The Morgan fingerprint density at radius 2 is 1.06 bits per heavy atom. The summed E-state index contributed by atoms with van der Waals surface area (Å²) in [6.07, 6.45) is 3.51. The molecule has 0 atom stereocenters. The molecule has 0 aliphatic heterocycles. The number of Topliss-reactive ketones (excluding diaryl/α,β-unsaturated/α-hetero) is 2. The van der Waals surface area contributed by atoms with E-state index in [9.17, 15) is 9.59 Å². The second kappa shape index (κ2) is 5.14. The molecule has 1 rings (SSSR count). The van der Waals surface area contributed by atoms with Gasteiger partial charge in [0.1, 0.15) is 11.6 Å². The summed E-state index contributed by atoms with van der Waals surface area (Å²) in [6.45, 7) is 11.9. The Balaban J connectivity index is 2.29. The van der Waals surface area contributed by atoms with Crippen LogP contribution < -0.4 is 0 Å². The standard InChI is InChI=1S/C16H28O2/c1-15(2,3)13(17)9-11-7-12(8-11)10-14(18)16(4,5)6/h11-12H,7-10H2,1-6H3. The number of carbonyl (C=O) groups is 2. The minimum Gasteiger partial charge on any atom is -0.299 e. The third kappa shape index (κ3) is 4.22. The normalized spacial score (nSPS) is 24.6. The molecule has 104 valence electrons. The van der Waals surface area contributed by atoms with Crippen molar-refractivity contribution in [3.63, 3.8) is 0 Å². The highest BCUT2D eigenvalue weighted by Gasteiger charge is 2.36. The van der Waals surface area contributed by atoms with E-state index in [1.54, 1.807) is 0 Å². The molecule has 0 amide bonds. The molecule has 0 aromatic carbocycles. The highest BCUT2D eigenvalue weighted by Crippen LogP contribution is 2.41. The van der Waals surface area contributed by atoms with E-state index in [1.807, 2.05) is 41.5 Å². The molecule has 0 bridgehead atoms. The van der Waals surface area contributed by atoms with Crippen molar-refractivity contribution in [1.29, 1.82) is 0 Å². The Bertz CT molecular complexity index is 290. The Labute approximate surface area is 112 Å². The van der Waals surface area contributed by atoms with Gasteiger partial charge in [0.2, 0.25) is 0 Å². The first kappa shape index (κ1) is 15.4. The molecule has 0 saturated heterocycles. The fourth-order valence-corrected chi connectivity index (χ4v) is 2.34. The van der Waals surface area contributed by atoms with E-state index < -0.39 is 0 Å². The van der Waals surface area contributed by atoms with E-state index >= 15 is 0 Å². The summed E-state index contributed by atoms with van der Waals surface area (Å²) in [5, 5.41) is 0. The van der Waals surface area contributed by atoms with Crippen LogP contribution in [0.3, 0.4) is 0 Å². The average molecular weight is 252 g/mol. The summed E-state index contributed by atoms with van der Waals surface area (Å²) in [4.78, 5) is 23.8. The van der Waals surface area contributed by atoms with Gasteiger partial charge < -0.3 is 0 Å². The molecular weight excluding hydrogens is 224 g/mol. The van der Waals surface area contributed by atoms with Crippen molar-refractivity contribution in [2.75, 3.05) is 0 Å². The summed E-state index contributed by atoms with van der Waals surface area (Å²) in [5.74, 6) is 1.75. The van der Waals surface area contributed by atoms with Crippen LogP contribution in [0, 0.1) is 22.7 Å². The molecule has 0 aromatic heterocycles. The second-order valence-electron chi connectivity index (χ2n) is 7.96. The van der Waals surface area contributed by atoms with Crippen LogP contribution in [0.4, 0.5) is 0 Å². The van der Waals surface area contributed by atoms with Gasteiger partial charge in [-0.05, 0) is 24.7 Å². The minimum absolute atomic E-state index is 0.216. The predicted molar refractivity (Wildman–Crippen MR) is 74.4 cm³/mol. The van der Waals surface area contributed by atoms with Crippen LogP contribution in [0.2, 0.25) is 0 Å². The maximum atomic E-state index is 11.9. The van der Waals surface area contributed by atoms with Crippen LogP contribution in [0.25, 0.3) is 0 Å². The van der Waals surface area contributed by atoms with Gasteiger partial charge in [-0.15, -0.1) is 0 Å². The Hall–Kier alpha value is -0.660. The largest absolute Gasteiger partial charge is 0.299 e. The van der Waals surface area contributed by atoms with Gasteiger partial charge in [-0.2, -0.15) is 0 Å². The zero-order valence-corrected chi connectivity index (χ0v) is 12.8. The Kier molecular flexibility index (Phi) is 4.40. The zero-order valence-electron chi connectivity index (χ0n) is 12.8. The summed E-state index contributed by atoms with van der Waals surface area (Å²) in [6, 6.07) is 0. The molecule has 0 aromatic rings. The highest BCUT2D eigenvalue weighted by molar-refractivity contribution is 5.84. The Morgan fingerprint density at radius 1 is 0.778 bits per heavy atom. The fourth-order valence-electron chi connectivity index (χ4n) is 2.34. The lowest BCUT2D eigenvalue weighted by atomic mass is 9.67. The van der Waals surface area contributed by atoms with Crippen molar-refractivity contribution < 1.29 is 9.59 Å². The lowest BCUT2D eigenvalue weighted by Crippen LogP contribution is -2.33. The number of ketones is 2. The van der Waals surface area contributed by atoms with E-state index in [0.717, 1.165) is 12.8 Å². The first-order valence-corrected chi connectivity index (χ1v) is 7.06. The lowest BCUT2D eigenvalue weighted by Gasteiger charge is -2.37. The maximum absolute atomic E-state index is 11.9. The molecule has 1 saturated carbocycles. The first-order valence-electron chi connectivity index (χ1n) is 7.06. The topological polar surface area (TPSA) is 34.1 Å². The number of hydrogen-bond acceptors (Lipinski definition) is 2. The molecule has 0 radical (unpaired) electrons. The summed E-state index contributed by atoms with van der Waals surface area (Å²) < 4.78 is 0. The number of carbonyl (C=O) groups excluding carboxylic acids is 2. The van der Waals surface area contributed by atoms with Crippen LogP contribution >= 0.6 is 0 Å². The van der Waals surface area contributed by atoms with Crippen molar-refractivity contribution in [1.82, 2.24) is 0 Å².